The van der Waals surface area contributed by atoms with Crippen molar-refractivity contribution in [3.8, 4) is 0 Å². The standard InChI is InChI=1S/C13H17BrN2O2/c14-11-4-2-1-3-10(11)5-6-16-13(17)12-9-18-8-7-15-12/h1-4,12,15H,5-9H2,(H,16,17). The van der Waals surface area contributed by atoms with Gasteiger partial charge in [0.1, 0.15) is 6.04 Å². The molecule has 0 radical (unpaired) electrons. The number of hydrogen-bond acceptors (Lipinski definition) is 3. The van der Waals surface area contributed by atoms with Crippen LogP contribution < -0.4 is 10.6 Å². The van der Waals surface area contributed by atoms with Crippen LogP contribution in [0.25, 0.3) is 0 Å². The Bertz CT molecular complexity index is 406. The summed E-state index contributed by atoms with van der Waals surface area (Å²) < 4.78 is 6.34. The van der Waals surface area contributed by atoms with E-state index in [2.05, 4.69) is 32.6 Å². The summed E-state index contributed by atoms with van der Waals surface area (Å²) >= 11 is 3.50. The fourth-order valence-electron chi connectivity index (χ4n) is 1.88. The lowest BCUT2D eigenvalue weighted by Gasteiger charge is -2.22. The van der Waals surface area contributed by atoms with Gasteiger partial charge in [0.2, 0.25) is 5.91 Å². The van der Waals surface area contributed by atoms with E-state index in [-0.39, 0.29) is 11.9 Å². The summed E-state index contributed by atoms with van der Waals surface area (Å²) in [6.45, 7) is 2.52. The first-order chi connectivity index (χ1) is 8.77. The Morgan fingerprint density at radius 3 is 3.06 bits per heavy atom. The fraction of sp³-hybridized carbons (Fsp3) is 0.462. The zero-order chi connectivity index (χ0) is 12.8. The van der Waals surface area contributed by atoms with Crippen LogP contribution in [0.15, 0.2) is 28.7 Å². The molecule has 0 bridgehead atoms. The van der Waals surface area contributed by atoms with Gasteiger partial charge in [-0.3, -0.25) is 4.79 Å². The molecule has 0 saturated carbocycles. The van der Waals surface area contributed by atoms with E-state index in [0.29, 0.717) is 19.8 Å². The number of carbonyl (C=O) groups excluding carboxylic acids is 1. The van der Waals surface area contributed by atoms with Gasteiger partial charge in [-0.05, 0) is 18.1 Å². The molecule has 1 aliphatic rings. The monoisotopic (exact) mass is 312 g/mol. The smallest absolute Gasteiger partial charge is 0.239 e. The van der Waals surface area contributed by atoms with Crippen molar-refractivity contribution in [2.45, 2.75) is 12.5 Å². The van der Waals surface area contributed by atoms with Crippen LogP contribution in [0.4, 0.5) is 0 Å². The minimum Gasteiger partial charge on any atom is -0.378 e. The zero-order valence-corrected chi connectivity index (χ0v) is 11.7. The number of carbonyl (C=O) groups is 1. The molecule has 1 aliphatic heterocycles. The van der Waals surface area contributed by atoms with Crippen molar-refractivity contribution >= 4 is 21.8 Å². The lowest BCUT2D eigenvalue weighted by atomic mass is 10.1. The maximum absolute atomic E-state index is 11.8. The van der Waals surface area contributed by atoms with Crippen molar-refractivity contribution in [1.82, 2.24) is 10.6 Å². The fourth-order valence-corrected chi connectivity index (χ4v) is 2.36. The van der Waals surface area contributed by atoms with Gasteiger partial charge in [0.15, 0.2) is 0 Å². The molecule has 2 rings (SSSR count). The molecule has 1 amide bonds. The molecule has 0 aliphatic carbocycles. The summed E-state index contributed by atoms with van der Waals surface area (Å²) in [4.78, 5) is 11.8. The van der Waals surface area contributed by atoms with E-state index in [4.69, 9.17) is 4.74 Å². The molecule has 1 heterocycles. The second kappa shape index (κ2) is 6.87. The predicted molar refractivity (Wildman–Crippen MR) is 73.5 cm³/mol. The summed E-state index contributed by atoms with van der Waals surface area (Å²) in [7, 11) is 0. The van der Waals surface area contributed by atoms with Crippen molar-refractivity contribution < 1.29 is 9.53 Å². The van der Waals surface area contributed by atoms with E-state index in [9.17, 15) is 4.79 Å². The van der Waals surface area contributed by atoms with Crippen LogP contribution in [0, 0.1) is 0 Å². The Kier molecular flexibility index (Phi) is 5.16. The lowest BCUT2D eigenvalue weighted by molar-refractivity contribution is -0.125. The van der Waals surface area contributed by atoms with Gasteiger partial charge in [-0.15, -0.1) is 0 Å². The molecule has 1 atom stereocenters. The van der Waals surface area contributed by atoms with Crippen molar-refractivity contribution in [2.75, 3.05) is 26.3 Å². The van der Waals surface area contributed by atoms with Gasteiger partial charge in [0.25, 0.3) is 0 Å². The van der Waals surface area contributed by atoms with Gasteiger partial charge in [-0.2, -0.15) is 0 Å². The zero-order valence-electron chi connectivity index (χ0n) is 10.1. The largest absolute Gasteiger partial charge is 0.378 e. The van der Waals surface area contributed by atoms with E-state index < -0.39 is 0 Å². The third kappa shape index (κ3) is 3.80. The normalized spacial score (nSPS) is 19.5. The summed E-state index contributed by atoms with van der Waals surface area (Å²) in [6, 6.07) is 7.83. The van der Waals surface area contributed by atoms with E-state index >= 15 is 0 Å². The molecule has 2 N–H and O–H groups in total. The first kappa shape index (κ1) is 13.5. The Balaban J connectivity index is 1.75. The number of rotatable bonds is 4. The van der Waals surface area contributed by atoms with Gasteiger partial charge in [-0.1, -0.05) is 34.1 Å². The number of morpholine rings is 1. The van der Waals surface area contributed by atoms with Crippen LogP contribution in [-0.4, -0.2) is 38.3 Å². The van der Waals surface area contributed by atoms with Crippen LogP contribution in [0.5, 0.6) is 0 Å². The molecule has 1 saturated heterocycles. The Labute approximate surface area is 115 Å². The Morgan fingerprint density at radius 2 is 2.33 bits per heavy atom. The average molecular weight is 313 g/mol. The number of amides is 1. The number of halogens is 1. The quantitative estimate of drug-likeness (QED) is 0.875. The highest BCUT2D eigenvalue weighted by Crippen LogP contribution is 2.15. The highest BCUT2D eigenvalue weighted by atomic mass is 79.9. The number of hydrogen-bond donors (Lipinski definition) is 2. The van der Waals surface area contributed by atoms with Crippen LogP contribution in [0.3, 0.4) is 0 Å². The minimum absolute atomic E-state index is 0.0155. The molecule has 18 heavy (non-hydrogen) atoms. The number of benzene rings is 1. The summed E-state index contributed by atoms with van der Waals surface area (Å²) in [6.07, 6.45) is 0.820. The highest BCUT2D eigenvalue weighted by Gasteiger charge is 2.20. The highest BCUT2D eigenvalue weighted by molar-refractivity contribution is 9.10. The van der Waals surface area contributed by atoms with E-state index in [1.807, 2.05) is 18.2 Å². The minimum atomic E-state index is -0.210. The van der Waals surface area contributed by atoms with Crippen LogP contribution in [0.1, 0.15) is 5.56 Å². The average Bonchev–Trinajstić information content (AvgIpc) is 2.42. The Hall–Kier alpha value is -0.910. The van der Waals surface area contributed by atoms with Gasteiger partial charge in [-0.25, -0.2) is 0 Å². The molecule has 5 heteroatoms. The molecule has 98 valence electrons. The summed E-state index contributed by atoms with van der Waals surface area (Å²) in [5, 5.41) is 6.06. The molecule has 0 spiro atoms. The van der Waals surface area contributed by atoms with E-state index in [1.54, 1.807) is 0 Å². The summed E-state index contributed by atoms with van der Waals surface area (Å²) in [5.41, 5.74) is 1.20. The van der Waals surface area contributed by atoms with Crippen molar-refractivity contribution in [3.63, 3.8) is 0 Å². The van der Waals surface area contributed by atoms with E-state index in [0.717, 1.165) is 17.4 Å². The van der Waals surface area contributed by atoms with Crippen LogP contribution >= 0.6 is 15.9 Å². The van der Waals surface area contributed by atoms with Crippen LogP contribution in [0.2, 0.25) is 0 Å². The number of ether oxygens (including phenoxy) is 1. The predicted octanol–water partition coefficient (Wildman–Crippen LogP) is 1.10. The van der Waals surface area contributed by atoms with Crippen molar-refractivity contribution in [2.24, 2.45) is 0 Å². The van der Waals surface area contributed by atoms with Gasteiger partial charge >= 0.3 is 0 Å². The SMILES string of the molecule is O=C(NCCc1ccccc1Br)C1COCCN1. The van der Waals surface area contributed by atoms with E-state index in [1.165, 1.54) is 5.56 Å². The maximum Gasteiger partial charge on any atom is 0.239 e. The molecule has 0 aromatic heterocycles. The molecule has 1 aromatic carbocycles. The first-order valence-corrected chi connectivity index (χ1v) is 6.89. The molecule has 1 aromatic rings. The maximum atomic E-state index is 11.8. The first-order valence-electron chi connectivity index (χ1n) is 6.09. The second-order valence-electron chi connectivity index (χ2n) is 4.21. The molecular weight excluding hydrogens is 296 g/mol. The topological polar surface area (TPSA) is 50.4 Å². The molecular formula is C13H17BrN2O2. The Morgan fingerprint density at radius 1 is 1.50 bits per heavy atom. The molecule has 1 fully saturated rings. The number of nitrogens with one attached hydrogen (secondary N) is 2. The van der Waals surface area contributed by atoms with Gasteiger partial charge in [0, 0.05) is 17.6 Å². The van der Waals surface area contributed by atoms with Gasteiger partial charge in [0.05, 0.1) is 13.2 Å². The van der Waals surface area contributed by atoms with Crippen molar-refractivity contribution in [3.05, 3.63) is 34.3 Å². The lowest BCUT2D eigenvalue weighted by Crippen LogP contribution is -2.51. The van der Waals surface area contributed by atoms with Crippen molar-refractivity contribution in [1.29, 1.82) is 0 Å². The second-order valence-corrected chi connectivity index (χ2v) is 5.07. The van der Waals surface area contributed by atoms with Crippen LogP contribution in [-0.2, 0) is 16.0 Å². The molecule has 1 unspecified atom stereocenters. The summed E-state index contributed by atoms with van der Waals surface area (Å²) in [5.74, 6) is 0.0155. The third-order valence-electron chi connectivity index (χ3n) is 2.89. The van der Waals surface area contributed by atoms with Gasteiger partial charge < -0.3 is 15.4 Å². The third-order valence-corrected chi connectivity index (χ3v) is 3.66. The molecule has 4 nitrogen and oxygen atoms in total.